The van der Waals surface area contributed by atoms with E-state index in [1.165, 1.54) is 12.1 Å². The fraction of sp³-hybridized carbons (Fsp3) is 0.182. The Labute approximate surface area is 118 Å². The summed E-state index contributed by atoms with van der Waals surface area (Å²) < 4.78 is 0.653. The summed E-state index contributed by atoms with van der Waals surface area (Å²) in [4.78, 5) is 22.0. The van der Waals surface area contributed by atoms with Gasteiger partial charge in [0.05, 0.1) is 11.3 Å². The lowest BCUT2D eigenvalue weighted by Crippen LogP contribution is -2.33. The maximum atomic E-state index is 11.1. The van der Waals surface area contributed by atoms with Crippen molar-refractivity contribution in [2.75, 3.05) is 5.32 Å². The minimum atomic E-state index is -1.03. The van der Waals surface area contributed by atoms with Gasteiger partial charge in [-0.1, -0.05) is 6.92 Å². The van der Waals surface area contributed by atoms with Crippen LogP contribution in [-0.4, -0.2) is 22.1 Å². The molecule has 96 valence electrons. The van der Waals surface area contributed by atoms with E-state index < -0.39 is 5.97 Å². The predicted molar refractivity (Wildman–Crippen MR) is 75.8 cm³/mol. The van der Waals surface area contributed by atoms with Crippen molar-refractivity contribution < 1.29 is 14.7 Å². The third kappa shape index (κ3) is 4.08. The van der Waals surface area contributed by atoms with E-state index in [1.54, 1.807) is 13.0 Å². The summed E-state index contributed by atoms with van der Waals surface area (Å²) in [7, 11) is 0. The van der Waals surface area contributed by atoms with Crippen LogP contribution in [0.3, 0.4) is 0 Å². The number of carbonyl (C=O) groups excluding carboxylic acids is 1. The SMILES string of the molecule is CCC(=O)NC(=S)Nc1cc(C(=O)O)ccc1Br. The second kappa shape index (κ2) is 6.46. The zero-order valence-corrected chi connectivity index (χ0v) is 11.9. The van der Waals surface area contributed by atoms with E-state index in [-0.39, 0.29) is 16.6 Å². The first-order chi connectivity index (χ1) is 8.43. The van der Waals surface area contributed by atoms with Crippen molar-refractivity contribution in [2.45, 2.75) is 13.3 Å². The minimum absolute atomic E-state index is 0.130. The van der Waals surface area contributed by atoms with Crippen LogP contribution >= 0.6 is 28.1 Å². The molecule has 1 aromatic carbocycles. The number of benzene rings is 1. The van der Waals surface area contributed by atoms with Gasteiger partial charge >= 0.3 is 5.97 Å². The molecule has 0 radical (unpaired) electrons. The second-order valence-electron chi connectivity index (χ2n) is 3.36. The van der Waals surface area contributed by atoms with Crippen molar-refractivity contribution in [3.63, 3.8) is 0 Å². The molecular formula is C11H11BrN2O3S. The van der Waals surface area contributed by atoms with Gasteiger partial charge in [0.15, 0.2) is 5.11 Å². The first kappa shape index (κ1) is 14.6. The van der Waals surface area contributed by atoms with E-state index in [4.69, 9.17) is 17.3 Å². The number of hydrogen-bond donors (Lipinski definition) is 3. The number of rotatable bonds is 3. The Morgan fingerprint density at radius 1 is 1.44 bits per heavy atom. The quantitative estimate of drug-likeness (QED) is 0.741. The number of nitrogens with one attached hydrogen (secondary N) is 2. The van der Waals surface area contributed by atoms with E-state index in [9.17, 15) is 9.59 Å². The van der Waals surface area contributed by atoms with Crippen LogP contribution in [0.25, 0.3) is 0 Å². The molecule has 0 heterocycles. The molecule has 3 N–H and O–H groups in total. The Morgan fingerprint density at radius 3 is 2.67 bits per heavy atom. The summed E-state index contributed by atoms with van der Waals surface area (Å²) in [5, 5.41) is 14.2. The number of carboxylic acid groups (broad SMARTS) is 1. The van der Waals surface area contributed by atoms with E-state index >= 15 is 0 Å². The van der Waals surface area contributed by atoms with Crippen molar-refractivity contribution in [1.82, 2.24) is 5.32 Å². The molecule has 0 spiro atoms. The van der Waals surface area contributed by atoms with Crippen LogP contribution in [0.2, 0.25) is 0 Å². The van der Waals surface area contributed by atoms with Gasteiger partial charge in [-0.05, 0) is 46.3 Å². The van der Waals surface area contributed by atoms with Gasteiger partial charge in [0.2, 0.25) is 5.91 Å². The molecule has 5 nitrogen and oxygen atoms in total. The molecule has 0 aromatic heterocycles. The number of thiocarbonyl (C=S) groups is 1. The van der Waals surface area contributed by atoms with E-state index in [0.29, 0.717) is 16.6 Å². The largest absolute Gasteiger partial charge is 0.478 e. The van der Waals surface area contributed by atoms with Gasteiger partial charge in [-0.3, -0.25) is 4.79 Å². The third-order valence-electron chi connectivity index (χ3n) is 2.04. The van der Waals surface area contributed by atoms with Gasteiger partial charge in [0.1, 0.15) is 0 Å². The summed E-state index contributed by atoms with van der Waals surface area (Å²) in [6.45, 7) is 1.71. The predicted octanol–water partition coefficient (Wildman–Crippen LogP) is 2.37. The lowest BCUT2D eigenvalue weighted by molar-refractivity contribution is -0.119. The number of carboxylic acids is 1. The highest BCUT2D eigenvalue weighted by Crippen LogP contribution is 2.23. The topological polar surface area (TPSA) is 78.4 Å². The lowest BCUT2D eigenvalue weighted by Gasteiger charge is -2.11. The normalized spacial score (nSPS) is 9.67. The molecule has 0 bridgehead atoms. The molecule has 0 aliphatic heterocycles. The minimum Gasteiger partial charge on any atom is -0.478 e. The van der Waals surface area contributed by atoms with Gasteiger partial charge in [-0.2, -0.15) is 0 Å². The Balaban J connectivity index is 2.83. The molecule has 1 aromatic rings. The van der Waals surface area contributed by atoms with Crippen molar-refractivity contribution in [1.29, 1.82) is 0 Å². The highest BCUT2D eigenvalue weighted by Gasteiger charge is 2.09. The maximum absolute atomic E-state index is 11.1. The molecule has 1 rings (SSSR count). The van der Waals surface area contributed by atoms with Crippen LogP contribution < -0.4 is 10.6 Å². The Morgan fingerprint density at radius 2 is 2.11 bits per heavy atom. The smallest absolute Gasteiger partial charge is 0.335 e. The molecule has 18 heavy (non-hydrogen) atoms. The monoisotopic (exact) mass is 330 g/mol. The second-order valence-corrected chi connectivity index (χ2v) is 4.62. The van der Waals surface area contributed by atoms with Crippen molar-refractivity contribution in [3.05, 3.63) is 28.2 Å². The van der Waals surface area contributed by atoms with E-state index in [0.717, 1.165) is 0 Å². The highest BCUT2D eigenvalue weighted by atomic mass is 79.9. The summed E-state index contributed by atoms with van der Waals surface area (Å²) in [5.74, 6) is -1.24. The van der Waals surface area contributed by atoms with Gasteiger partial charge in [0.25, 0.3) is 0 Å². The average molecular weight is 331 g/mol. The number of halogens is 1. The maximum Gasteiger partial charge on any atom is 0.335 e. The van der Waals surface area contributed by atoms with Gasteiger partial charge in [-0.15, -0.1) is 0 Å². The third-order valence-corrected chi connectivity index (χ3v) is 2.93. The molecule has 0 unspecified atom stereocenters. The first-order valence-electron chi connectivity index (χ1n) is 5.07. The molecule has 0 fully saturated rings. The first-order valence-corrected chi connectivity index (χ1v) is 6.27. The zero-order chi connectivity index (χ0) is 13.7. The van der Waals surface area contributed by atoms with Gasteiger partial charge < -0.3 is 15.7 Å². The zero-order valence-electron chi connectivity index (χ0n) is 9.49. The Hall–Kier alpha value is -1.47. The average Bonchev–Trinajstić information content (AvgIpc) is 2.31. The summed E-state index contributed by atoms with van der Waals surface area (Å²) in [6.07, 6.45) is 0.318. The molecule has 0 aliphatic carbocycles. The van der Waals surface area contributed by atoms with Crippen LogP contribution in [0.4, 0.5) is 5.69 Å². The number of amides is 1. The molecule has 7 heteroatoms. The van der Waals surface area contributed by atoms with Crippen LogP contribution in [0.15, 0.2) is 22.7 Å². The fourth-order valence-corrected chi connectivity index (χ4v) is 1.69. The number of aromatic carboxylic acids is 1. The molecule has 0 saturated carbocycles. The molecule has 0 aliphatic rings. The van der Waals surface area contributed by atoms with Crippen LogP contribution in [0.5, 0.6) is 0 Å². The van der Waals surface area contributed by atoms with Crippen molar-refractivity contribution in [2.24, 2.45) is 0 Å². The summed E-state index contributed by atoms with van der Waals surface area (Å²) >= 11 is 8.20. The van der Waals surface area contributed by atoms with Gasteiger partial charge in [-0.25, -0.2) is 4.79 Å². The number of hydrogen-bond acceptors (Lipinski definition) is 3. The van der Waals surface area contributed by atoms with Gasteiger partial charge in [0, 0.05) is 10.9 Å². The van der Waals surface area contributed by atoms with E-state index in [2.05, 4.69) is 26.6 Å². The molecular weight excluding hydrogens is 320 g/mol. The molecule has 0 saturated heterocycles. The van der Waals surface area contributed by atoms with Crippen LogP contribution in [-0.2, 0) is 4.79 Å². The fourth-order valence-electron chi connectivity index (χ4n) is 1.12. The van der Waals surface area contributed by atoms with Crippen molar-refractivity contribution in [3.8, 4) is 0 Å². The summed E-state index contributed by atoms with van der Waals surface area (Å²) in [5.41, 5.74) is 0.613. The Bertz CT molecular complexity index is 505. The van der Waals surface area contributed by atoms with Crippen molar-refractivity contribution >= 4 is 50.8 Å². The molecule has 1 amide bonds. The van der Waals surface area contributed by atoms with Crippen LogP contribution in [0, 0.1) is 0 Å². The standard InChI is InChI=1S/C11H11BrN2O3S/c1-2-9(15)14-11(18)13-8-5-6(10(16)17)3-4-7(8)12/h3-5H,2H2,1H3,(H,16,17)(H2,13,14,15,18). The van der Waals surface area contributed by atoms with Crippen LogP contribution in [0.1, 0.15) is 23.7 Å². The molecule has 0 atom stereocenters. The highest BCUT2D eigenvalue weighted by molar-refractivity contribution is 9.10. The van der Waals surface area contributed by atoms with E-state index in [1.807, 2.05) is 0 Å². The Kier molecular flexibility index (Phi) is 5.24. The number of carbonyl (C=O) groups is 2. The number of anilines is 1. The summed E-state index contributed by atoms with van der Waals surface area (Å²) in [6, 6.07) is 4.48. The lowest BCUT2D eigenvalue weighted by atomic mass is 10.2.